The van der Waals surface area contributed by atoms with Crippen molar-refractivity contribution in [1.82, 2.24) is 4.90 Å². The van der Waals surface area contributed by atoms with Crippen LogP contribution in [-0.2, 0) is 0 Å². The van der Waals surface area contributed by atoms with Gasteiger partial charge in [0.15, 0.2) is 0 Å². The molecule has 14 heavy (non-hydrogen) atoms. The Morgan fingerprint density at radius 2 is 2.00 bits per heavy atom. The van der Waals surface area contributed by atoms with Gasteiger partial charge in [-0.25, -0.2) is 0 Å². The van der Waals surface area contributed by atoms with Gasteiger partial charge in [0.25, 0.3) is 0 Å². The second-order valence-corrected chi connectivity index (χ2v) is 5.77. The minimum absolute atomic E-state index is 0.178. The fraction of sp³-hybridized carbons (Fsp3) is 1.00. The van der Waals surface area contributed by atoms with Gasteiger partial charge in [0.1, 0.15) is 0 Å². The molecular formula is C12H24N2. The highest BCUT2D eigenvalue weighted by atomic mass is 15.2. The molecule has 2 rings (SSSR count). The Hall–Kier alpha value is -0.0800. The lowest BCUT2D eigenvalue weighted by atomic mass is 9.77. The first-order valence-electron chi connectivity index (χ1n) is 6.12. The fourth-order valence-corrected chi connectivity index (χ4v) is 2.44. The standard InChI is InChI=1S/C12H24N2/c1-10(2)8-14(11-4-5-11)9-12(13)6-3-7-12/h10-11H,3-9,13H2,1-2H3. The zero-order valence-corrected chi connectivity index (χ0v) is 9.63. The van der Waals surface area contributed by atoms with Crippen molar-refractivity contribution in [3.05, 3.63) is 0 Å². The quantitative estimate of drug-likeness (QED) is 0.728. The van der Waals surface area contributed by atoms with Crippen LogP contribution in [0, 0.1) is 5.92 Å². The molecule has 2 nitrogen and oxygen atoms in total. The van der Waals surface area contributed by atoms with E-state index in [1.165, 1.54) is 38.6 Å². The van der Waals surface area contributed by atoms with Crippen LogP contribution < -0.4 is 5.73 Å². The lowest BCUT2D eigenvalue weighted by Gasteiger charge is -2.42. The van der Waals surface area contributed by atoms with Crippen molar-refractivity contribution in [1.29, 1.82) is 0 Å². The molecule has 0 aromatic rings. The summed E-state index contributed by atoms with van der Waals surface area (Å²) in [6.45, 7) is 7.00. The first-order chi connectivity index (χ1) is 6.59. The van der Waals surface area contributed by atoms with E-state index < -0.39 is 0 Å². The van der Waals surface area contributed by atoms with Crippen LogP contribution in [0.2, 0.25) is 0 Å². The van der Waals surface area contributed by atoms with Gasteiger partial charge in [0.2, 0.25) is 0 Å². The highest BCUT2D eigenvalue weighted by molar-refractivity contribution is 4.98. The molecule has 0 amide bonds. The molecule has 0 saturated heterocycles. The van der Waals surface area contributed by atoms with Gasteiger partial charge in [-0.3, -0.25) is 4.90 Å². The number of hydrogen-bond acceptors (Lipinski definition) is 2. The van der Waals surface area contributed by atoms with Gasteiger partial charge in [-0.15, -0.1) is 0 Å². The zero-order valence-electron chi connectivity index (χ0n) is 9.63. The Bertz CT molecular complexity index is 192. The predicted octanol–water partition coefficient (Wildman–Crippen LogP) is 1.99. The lowest BCUT2D eigenvalue weighted by molar-refractivity contribution is 0.128. The van der Waals surface area contributed by atoms with Gasteiger partial charge in [-0.2, -0.15) is 0 Å². The first-order valence-corrected chi connectivity index (χ1v) is 6.12. The normalized spacial score (nSPS) is 25.5. The van der Waals surface area contributed by atoms with E-state index in [1.54, 1.807) is 0 Å². The summed E-state index contributed by atoms with van der Waals surface area (Å²) >= 11 is 0. The monoisotopic (exact) mass is 196 g/mol. The summed E-state index contributed by atoms with van der Waals surface area (Å²) in [6, 6.07) is 0.874. The average Bonchev–Trinajstić information content (AvgIpc) is 2.81. The van der Waals surface area contributed by atoms with E-state index in [0.717, 1.165) is 18.5 Å². The van der Waals surface area contributed by atoms with Crippen molar-refractivity contribution in [2.45, 2.75) is 57.5 Å². The van der Waals surface area contributed by atoms with Crippen molar-refractivity contribution in [2.24, 2.45) is 11.7 Å². The lowest BCUT2D eigenvalue weighted by Crippen LogP contribution is -2.56. The molecule has 2 aliphatic rings. The molecule has 0 unspecified atom stereocenters. The molecule has 2 saturated carbocycles. The number of nitrogens with two attached hydrogens (primary N) is 1. The summed E-state index contributed by atoms with van der Waals surface area (Å²) in [6.07, 6.45) is 6.64. The molecule has 0 aromatic carbocycles. The molecule has 82 valence electrons. The molecule has 0 aliphatic heterocycles. The summed E-state index contributed by atoms with van der Waals surface area (Å²) in [7, 11) is 0. The third-order valence-corrected chi connectivity index (χ3v) is 3.53. The molecular weight excluding hydrogens is 172 g/mol. The van der Waals surface area contributed by atoms with Gasteiger partial charge < -0.3 is 5.73 Å². The Morgan fingerprint density at radius 3 is 2.36 bits per heavy atom. The summed E-state index contributed by atoms with van der Waals surface area (Å²) < 4.78 is 0. The topological polar surface area (TPSA) is 29.3 Å². The van der Waals surface area contributed by atoms with Crippen LogP contribution in [-0.4, -0.2) is 29.6 Å². The smallest absolute Gasteiger partial charge is 0.0283 e. The molecule has 0 aromatic heterocycles. The van der Waals surface area contributed by atoms with E-state index in [2.05, 4.69) is 18.7 Å². The number of hydrogen-bond donors (Lipinski definition) is 1. The van der Waals surface area contributed by atoms with Crippen LogP contribution in [0.15, 0.2) is 0 Å². The van der Waals surface area contributed by atoms with E-state index in [-0.39, 0.29) is 5.54 Å². The highest BCUT2D eigenvalue weighted by Gasteiger charge is 2.38. The maximum absolute atomic E-state index is 6.30. The molecule has 2 N–H and O–H groups in total. The maximum Gasteiger partial charge on any atom is 0.0283 e. The molecule has 2 heteroatoms. The summed E-state index contributed by atoms with van der Waals surface area (Å²) in [5.41, 5.74) is 6.48. The second-order valence-electron chi connectivity index (χ2n) is 5.77. The third kappa shape index (κ3) is 2.48. The highest BCUT2D eigenvalue weighted by Crippen LogP contribution is 2.34. The van der Waals surface area contributed by atoms with Gasteiger partial charge in [-0.1, -0.05) is 13.8 Å². The van der Waals surface area contributed by atoms with Crippen molar-refractivity contribution in [3.8, 4) is 0 Å². The Kier molecular flexibility index (Phi) is 2.85. The molecule has 0 spiro atoms. The molecule has 0 heterocycles. The van der Waals surface area contributed by atoms with Crippen LogP contribution in [0.25, 0.3) is 0 Å². The molecule has 0 bridgehead atoms. The average molecular weight is 196 g/mol. The molecule has 2 aliphatic carbocycles. The maximum atomic E-state index is 6.30. The Labute approximate surface area is 87.8 Å². The predicted molar refractivity (Wildman–Crippen MR) is 60.2 cm³/mol. The Morgan fingerprint density at radius 1 is 1.36 bits per heavy atom. The molecule has 0 radical (unpaired) electrons. The van der Waals surface area contributed by atoms with Crippen molar-refractivity contribution in [2.75, 3.05) is 13.1 Å². The first kappa shape index (κ1) is 10.4. The van der Waals surface area contributed by atoms with E-state index in [9.17, 15) is 0 Å². The molecule has 2 fully saturated rings. The second kappa shape index (κ2) is 3.82. The fourth-order valence-electron chi connectivity index (χ4n) is 2.44. The summed E-state index contributed by atoms with van der Waals surface area (Å²) in [4.78, 5) is 2.64. The SMILES string of the molecule is CC(C)CN(CC1(N)CCC1)C1CC1. The van der Waals surface area contributed by atoms with E-state index in [1.807, 2.05) is 0 Å². The van der Waals surface area contributed by atoms with E-state index >= 15 is 0 Å². The Balaban J connectivity index is 1.83. The van der Waals surface area contributed by atoms with Gasteiger partial charge in [-0.05, 0) is 38.0 Å². The van der Waals surface area contributed by atoms with E-state index in [0.29, 0.717) is 0 Å². The largest absolute Gasteiger partial charge is 0.324 e. The van der Waals surface area contributed by atoms with Crippen molar-refractivity contribution >= 4 is 0 Å². The summed E-state index contributed by atoms with van der Waals surface area (Å²) in [5, 5.41) is 0. The van der Waals surface area contributed by atoms with Crippen LogP contribution >= 0.6 is 0 Å². The van der Waals surface area contributed by atoms with E-state index in [4.69, 9.17) is 5.73 Å². The minimum atomic E-state index is 0.178. The van der Waals surface area contributed by atoms with Crippen LogP contribution in [0.5, 0.6) is 0 Å². The number of rotatable bonds is 5. The van der Waals surface area contributed by atoms with Crippen LogP contribution in [0.1, 0.15) is 46.0 Å². The number of nitrogens with zero attached hydrogens (tertiary/aromatic N) is 1. The van der Waals surface area contributed by atoms with Crippen molar-refractivity contribution < 1.29 is 0 Å². The van der Waals surface area contributed by atoms with Gasteiger partial charge >= 0.3 is 0 Å². The molecule has 0 atom stereocenters. The van der Waals surface area contributed by atoms with Crippen LogP contribution in [0.4, 0.5) is 0 Å². The van der Waals surface area contributed by atoms with Crippen LogP contribution in [0.3, 0.4) is 0 Å². The van der Waals surface area contributed by atoms with Gasteiger partial charge in [0, 0.05) is 24.7 Å². The summed E-state index contributed by atoms with van der Waals surface area (Å²) in [5.74, 6) is 0.777. The zero-order chi connectivity index (χ0) is 10.2. The minimum Gasteiger partial charge on any atom is -0.324 e. The van der Waals surface area contributed by atoms with Gasteiger partial charge in [0.05, 0.1) is 0 Å². The van der Waals surface area contributed by atoms with Crippen molar-refractivity contribution in [3.63, 3.8) is 0 Å². The third-order valence-electron chi connectivity index (χ3n) is 3.53.